The summed E-state index contributed by atoms with van der Waals surface area (Å²) >= 11 is 1.28. The summed E-state index contributed by atoms with van der Waals surface area (Å²) in [6.07, 6.45) is 3.65. The normalized spacial score (nSPS) is 18.4. The quantitative estimate of drug-likeness (QED) is 0.858. The first-order valence-corrected chi connectivity index (χ1v) is 7.36. The maximum atomic E-state index is 11.8. The van der Waals surface area contributed by atoms with Gasteiger partial charge in [-0.3, -0.25) is 4.79 Å². The zero-order chi connectivity index (χ0) is 13.8. The van der Waals surface area contributed by atoms with Gasteiger partial charge in [-0.25, -0.2) is 4.79 Å². The average Bonchev–Trinajstić information content (AvgIpc) is 2.61. The van der Waals surface area contributed by atoms with Crippen molar-refractivity contribution in [1.82, 2.24) is 5.32 Å². The minimum Gasteiger partial charge on any atom is -0.444 e. The van der Waals surface area contributed by atoms with E-state index in [1.54, 1.807) is 6.92 Å². The van der Waals surface area contributed by atoms with E-state index in [0.29, 0.717) is 5.75 Å². The number of amides is 1. The number of carbonyl (C=O) groups excluding carboxylic acids is 2. The lowest BCUT2D eigenvalue weighted by molar-refractivity contribution is -0.109. The van der Waals surface area contributed by atoms with Gasteiger partial charge in [-0.15, -0.1) is 0 Å². The van der Waals surface area contributed by atoms with Crippen LogP contribution in [0.25, 0.3) is 0 Å². The van der Waals surface area contributed by atoms with Crippen LogP contribution >= 0.6 is 11.8 Å². The molecule has 0 unspecified atom stereocenters. The molecule has 18 heavy (non-hydrogen) atoms. The van der Waals surface area contributed by atoms with E-state index in [0.717, 1.165) is 25.7 Å². The second kappa shape index (κ2) is 5.95. The molecule has 0 radical (unpaired) electrons. The van der Waals surface area contributed by atoms with E-state index in [1.807, 2.05) is 20.8 Å². The topological polar surface area (TPSA) is 55.4 Å². The number of alkyl carbamates (subject to hydrolysis) is 1. The molecule has 0 bridgehead atoms. The molecule has 0 aromatic heterocycles. The highest BCUT2D eigenvalue weighted by atomic mass is 32.2. The minimum absolute atomic E-state index is 0.0901. The van der Waals surface area contributed by atoms with Gasteiger partial charge in [-0.05, 0) is 33.6 Å². The molecule has 0 saturated heterocycles. The van der Waals surface area contributed by atoms with Gasteiger partial charge in [0.1, 0.15) is 5.60 Å². The first-order chi connectivity index (χ1) is 8.22. The number of hydrogen-bond acceptors (Lipinski definition) is 4. The van der Waals surface area contributed by atoms with E-state index in [1.165, 1.54) is 11.8 Å². The molecule has 1 saturated carbocycles. The van der Waals surface area contributed by atoms with Crippen LogP contribution in [-0.4, -0.2) is 28.1 Å². The number of nitrogens with one attached hydrogen (secondary N) is 1. The lowest BCUT2D eigenvalue weighted by atomic mass is 10.0. The molecule has 1 rings (SSSR count). The van der Waals surface area contributed by atoms with E-state index >= 15 is 0 Å². The van der Waals surface area contributed by atoms with Crippen molar-refractivity contribution in [2.75, 3.05) is 5.75 Å². The molecule has 0 aromatic carbocycles. The second-order valence-corrected chi connectivity index (χ2v) is 7.05. The molecular formula is C13H23NO3S. The molecule has 0 heterocycles. The third kappa shape index (κ3) is 5.29. The summed E-state index contributed by atoms with van der Waals surface area (Å²) in [5.41, 5.74) is -0.754. The van der Waals surface area contributed by atoms with Crippen LogP contribution in [0.1, 0.15) is 53.4 Å². The molecule has 1 amide bonds. The van der Waals surface area contributed by atoms with Crippen LogP contribution in [0.15, 0.2) is 0 Å². The van der Waals surface area contributed by atoms with Gasteiger partial charge in [0, 0.05) is 12.7 Å². The van der Waals surface area contributed by atoms with Gasteiger partial charge in [0.05, 0.1) is 5.54 Å². The summed E-state index contributed by atoms with van der Waals surface area (Å²) in [5, 5.41) is 3.06. The Balaban J connectivity index is 2.57. The predicted octanol–water partition coefficient (Wildman–Crippen LogP) is 3.10. The number of thioether (sulfide) groups is 1. The van der Waals surface area contributed by atoms with E-state index in [4.69, 9.17) is 4.74 Å². The maximum absolute atomic E-state index is 11.8. The molecule has 4 nitrogen and oxygen atoms in total. The average molecular weight is 273 g/mol. The fourth-order valence-electron chi connectivity index (χ4n) is 2.12. The summed E-state index contributed by atoms with van der Waals surface area (Å²) in [6.45, 7) is 7.09. The van der Waals surface area contributed by atoms with Crippen LogP contribution in [0.3, 0.4) is 0 Å². The highest BCUT2D eigenvalue weighted by Crippen LogP contribution is 2.33. The van der Waals surface area contributed by atoms with Crippen LogP contribution in [0.4, 0.5) is 4.79 Å². The van der Waals surface area contributed by atoms with Crippen LogP contribution in [0.5, 0.6) is 0 Å². The Morgan fingerprint density at radius 3 is 2.28 bits per heavy atom. The van der Waals surface area contributed by atoms with Crippen molar-refractivity contribution in [3.05, 3.63) is 0 Å². The molecule has 0 aromatic rings. The summed E-state index contributed by atoms with van der Waals surface area (Å²) < 4.78 is 5.29. The van der Waals surface area contributed by atoms with E-state index in [-0.39, 0.29) is 16.7 Å². The van der Waals surface area contributed by atoms with Gasteiger partial charge < -0.3 is 10.1 Å². The van der Waals surface area contributed by atoms with Crippen molar-refractivity contribution in [3.63, 3.8) is 0 Å². The number of rotatable bonds is 3. The Bertz CT molecular complexity index is 317. The van der Waals surface area contributed by atoms with E-state index < -0.39 is 5.60 Å². The van der Waals surface area contributed by atoms with Gasteiger partial charge in [0.2, 0.25) is 0 Å². The molecular weight excluding hydrogens is 250 g/mol. The Morgan fingerprint density at radius 2 is 1.83 bits per heavy atom. The molecule has 1 aliphatic carbocycles. The Morgan fingerprint density at radius 1 is 1.28 bits per heavy atom. The largest absolute Gasteiger partial charge is 0.444 e. The summed E-state index contributed by atoms with van der Waals surface area (Å²) in [5.74, 6) is 0.640. The van der Waals surface area contributed by atoms with Crippen LogP contribution in [-0.2, 0) is 9.53 Å². The van der Waals surface area contributed by atoms with Gasteiger partial charge in [-0.2, -0.15) is 0 Å². The molecule has 0 spiro atoms. The first kappa shape index (κ1) is 15.3. The number of hydrogen-bond donors (Lipinski definition) is 1. The van der Waals surface area contributed by atoms with Gasteiger partial charge in [0.15, 0.2) is 5.12 Å². The third-order valence-corrected chi connectivity index (χ3v) is 3.98. The van der Waals surface area contributed by atoms with Crippen LogP contribution in [0.2, 0.25) is 0 Å². The summed E-state index contributed by atoms with van der Waals surface area (Å²) in [6, 6.07) is 0. The monoisotopic (exact) mass is 273 g/mol. The van der Waals surface area contributed by atoms with Gasteiger partial charge in [0.25, 0.3) is 0 Å². The van der Waals surface area contributed by atoms with Crippen molar-refractivity contribution in [3.8, 4) is 0 Å². The lowest BCUT2D eigenvalue weighted by Gasteiger charge is -2.31. The van der Waals surface area contributed by atoms with Crippen molar-refractivity contribution < 1.29 is 14.3 Å². The predicted molar refractivity (Wildman–Crippen MR) is 73.7 cm³/mol. The smallest absolute Gasteiger partial charge is 0.408 e. The van der Waals surface area contributed by atoms with E-state index in [2.05, 4.69) is 5.32 Å². The molecule has 1 fully saturated rings. The van der Waals surface area contributed by atoms with Crippen molar-refractivity contribution in [2.24, 2.45) is 0 Å². The maximum Gasteiger partial charge on any atom is 0.408 e. The summed E-state index contributed by atoms with van der Waals surface area (Å²) in [4.78, 5) is 22.9. The first-order valence-electron chi connectivity index (χ1n) is 6.37. The highest BCUT2D eigenvalue weighted by Gasteiger charge is 2.36. The number of ether oxygens (including phenoxy) is 1. The van der Waals surface area contributed by atoms with Gasteiger partial charge >= 0.3 is 6.09 Å². The zero-order valence-electron chi connectivity index (χ0n) is 11.7. The molecule has 104 valence electrons. The van der Waals surface area contributed by atoms with Crippen LogP contribution < -0.4 is 5.32 Å². The Labute approximate surface area is 113 Å². The van der Waals surface area contributed by atoms with E-state index in [9.17, 15) is 9.59 Å². The number of carbonyl (C=O) groups is 2. The lowest BCUT2D eigenvalue weighted by Crippen LogP contribution is -2.50. The molecule has 1 aliphatic rings. The summed E-state index contributed by atoms with van der Waals surface area (Å²) in [7, 11) is 0. The van der Waals surface area contributed by atoms with Gasteiger partial charge in [-0.1, -0.05) is 24.6 Å². The van der Waals surface area contributed by atoms with Crippen molar-refractivity contribution in [2.45, 2.75) is 64.5 Å². The Kier molecular flexibility index (Phi) is 5.08. The van der Waals surface area contributed by atoms with Crippen molar-refractivity contribution >= 4 is 23.0 Å². The fourth-order valence-corrected chi connectivity index (χ4v) is 2.96. The molecule has 0 aliphatic heterocycles. The molecule has 0 atom stereocenters. The highest BCUT2D eigenvalue weighted by molar-refractivity contribution is 8.13. The van der Waals surface area contributed by atoms with Crippen molar-refractivity contribution in [1.29, 1.82) is 0 Å². The zero-order valence-corrected chi connectivity index (χ0v) is 12.5. The standard InChI is InChI=1S/C13H23NO3S/c1-10(15)18-9-13(7-5-6-8-13)14-11(16)17-12(2,3)4/h5-9H2,1-4H3,(H,14,16). The fraction of sp³-hybridized carbons (Fsp3) is 0.846. The SMILES string of the molecule is CC(=O)SCC1(NC(=O)OC(C)(C)C)CCCC1. The van der Waals surface area contributed by atoms with Crippen LogP contribution in [0, 0.1) is 0 Å². The second-order valence-electron chi connectivity index (χ2n) is 5.89. The Hall–Kier alpha value is -0.710. The molecule has 5 heteroatoms. The minimum atomic E-state index is -0.488. The third-order valence-electron chi connectivity index (χ3n) is 2.88. The molecule has 1 N–H and O–H groups in total.